The van der Waals surface area contributed by atoms with Crippen LogP contribution in [0.2, 0.25) is 6.32 Å². The number of rotatable bonds is 7. The van der Waals surface area contributed by atoms with Crippen LogP contribution >= 0.6 is 0 Å². The van der Waals surface area contributed by atoms with Crippen molar-refractivity contribution < 1.29 is 34.2 Å². The maximum atomic E-state index is 12.3. The van der Waals surface area contributed by atoms with Crippen LogP contribution in [0, 0.1) is 0 Å². The summed E-state index contributed by atoms with van der Waals surface area (Å²) >= 11 is 0. The first-order valence-electron chi connectivity index (χ1n) is 9.58. The molecule has 2 aliphatic heterocycles. The van der Waals surface area contributed by atoms with Gasteiger partial charge in [-0.05, 0) is 30.8 Å². The third kappa shape index (κ3) is 4.99. The molecule has 2 aliphatic rings. The van der Waals surface area contributed by atoms with E-state index in [1.807, 2.05) is 0 Å². The van der Waals surface area contributed by atoms with E-state index in [0.717, 1.165) is 5.56 Å². The van der Waals surface area contributed by atoms with Crippen LogP contribution < -0.4 is 20.4 Å². The van der Waals surface area contributed by atoms with Crippen LogP contribution in [-0.2, 0) is 16.0 Å². The van der Waals surface area contributed by atoms with Crippen molar-refractivity contribution in [2.24, 2.45) is 5.73 Å². The van der Waals surface area contributed by atoms with Gasteiger partial charge in [0.1, 0.15) is 17.6 Å². The van der Waals surface area contributed by atoms with Crippen molar-refractivity contribution in [2.75, 3.05) is 19.6 Å². The number of ether oxygens (including phenoxy) is 1. The highest BCUT2D eigenvalue weighted by molar-refractivity contribution is 6.44. The first-order valence-corrected chi connectivity index (χ1v) is 9.58. The van der Waals surface area contributed by atoms with Gasteiger partial charge in [-0.1, -0.05) is 6.07 Å². The molecule has 1 aromatic rings. The third-order valence-corrected chi connectivity index (χ3v) is 5.01. The maximum absolute atomic E-state index is 12.3. The first kappa shape index (κ1) is 21.4. The predicted octanol–water partition coefficient (Wildman–Crippen LogP) is -1.47. The molecule has 3 rings (SSSR count). The second-order valence-corrected chi connectivity index (χ2v) is 7.31. The smallest absolute Gasteiger partial charge is 0.522 e. The second-order valence-electron chi connectivity index (χ2n) is 7.31. The standard InChI is InChI=1S/C18H26BN3O7/c1-10(23)21-7-5-13(20)17(24)22-8-12(9-22)28-14-3-2-11-4-6-19(27)29-16(11)15(14)18(25)26/h2-3,12-13,18,25-27H,4-9,20H2,1H3,(H,21,23)/t13-/m0/s1. The fraction of sp³-hybridized carbons (Fsp3) is 0.556. The third-order valence-electron chi connectivity index (χ3n) is 5.01. The molecule has 10 nitrogen and oxygen atoms in total. The van der Waals surface area contributed by atoms with Crippen LogP contribution in [0.15, 0.2) is 12.1 Å². The van der Waals surface area contributed by atoms with Gasteiger partial charge in [0.25, 0.3) is 0 Å². The SMILES string of the molecule is CC(=O)NCC[C@H](N)C(=O)N1CC(Oc2ccc3c(c2C(O)O)OB(O)CC3)C1. The fourth-order valence-electron chi connectivity index (χ4n) is 3.42. The zero-order valence-electron chi connectivity index (χ0n) is 16.2. The summed E-state index contributed by atoms with van der Waals surface area (Å²) < 4.78 is 11.2. The Labute approximate surface area is 168 Å². The van der Waals surface area contributed by atoms with Crippen LogP contribution in [0.5, 0.6) is 11.5 Å². The van der Waals surface area contributed by atoms with E-state index >= 15 is 0 Å². The van der Waals surface area contributed by atoms with Crippen molar-refractivity contribution in [3.8, 4) is 11.5 Å². The number of aliphatic hydroxyl groups excluding tert-OH is 1. The summed E-state index contributed by atoms with van der Waals surface area (Å²) in [6.45, 7) is 2.35. The summed E-state index contributed by atoms with van der Waals surface area (Å²) in [5.41, 5.74) is 6.71. The van der Waals surface area contributed by atoms with Crippen molar-refractivity contribution in [1.82, 2.24) is 10.2 Å². The highest BCUT2D eigenvalue weighted by Crippen LogP contribution is 2.40. The number of nitrogens with one attached hydrogen (secondary N) is 1. The molecule has 0 aliphatic carbocycles. The largest absolute Gasteiger partial charge is 0.535 e. The number of fused-ring (bicyclic) bond motifs is 1. The number of carbonyl (C=O) groups excluding carboxylic acids is 2. The lowest BCUT2D eigenvalue weighted by Crippen LogP contribution is -2.60. The second kappa shape index (κ2) is 8.99. The Balaban J connectivity index is 1.58. The normalized spacial score (nSPS) is 17.3. The summed E-state index contributed by atoms with van der Waals surface area (Å²) in [7, 11) is -1.01. The van der Waals surface area contributed by atoms with E-state index in [0.29, 0.717) is 38.8 Å². The summed E-state index contributed by atoms with van der Waals surface area (Å²) in [4.78, 5) is 24.7. The minimum absolute atomic E-state index is 0.0676. The number of nitrogens with zero attached hydrogens (tertiary/aromatic N) is 1. The number of aryl methyl sites for hydroxylation is 1. The van der Waals surface area contributed by atoms with Gasteiger partial charge in [0.15, 0.2) is 6.29 Å². The van der Waals surface area contributed by atoms with E-state index in [2.05, 4.69) is 5.32 Å². The topological polar surface area (TPSA) is 155 Å². The number of aliphatic hydroxyl groups is 2. The molecule has 11 heteroatoms. The zero-order valence-corrected chi connectivity index (χ0v) is 16.2. The predicted molar refractivity (Wildman–Crippen MR) is 103 cm³/mol. The highest BCUT2D eigenvalue weighted by Gasteiger charge is 2.36. The molecule has 2 amide bonds. The molecule has 0 saturated carbocycles. The van der Waals surface area contributed by atoms with Crippen LogP contribution in [0.4, 0.5) is 0 Å². The van der Waals surface area contributed by atoms with Gasteiger partial charge in [0.2, 0.25) is 11.8 Å². The Bertz CT molecular complexity index is 770. The van der Waals surface area contributed by atoms with E-state index < -0.39 is 19.5 Å². The van der Waals surface area contributed by atoms with Gasteiger partial charge in [-0.2, -0.15) is 0 Å². The number of carbonyl (C=O) groups is 2. The number of nitrogens with two attached hydrogens (primary N) is 1. The molecule has 2 heterocycles. The van der Waals surface area contributed by atoms with Crippen molar-refractivity contribution in [3.63, 3.8) is 0 Å². The maximum Gasteiger partial charge on any atom is 0.522 e. The van der Waals surface area contributed by atoms with Gasteiger partial charge in [0, 0.05) is 13.5 Å². The molecule has 0 bridgehead atoms. The summed E-state index contributed by atoms with van der Waals surface area (Å²) in [5, 5.41) is 31.9. The van der Waals surface area contributed by atoms with Crippen molar-refractivity contribution >= 4 is 18.9 Å². The molecule has 1 fully saturated rings. The average Bonchev–Trinajstić information content (AvgIpc) is 2.62. The number of hydrogen-bond acceptors (Lipinski definition) is 8. The number of benzene rings is 1. The fourth-order valence-corrected chi connectivity index (χ4v) is 3.42. The molecule has 1 atom stereocenters. The van der Waals surface area contributed by atoms with Crippen LogP contribution in [-0.4, -0.2) is 70.8 Å². The van der Waals surface area contributed by atoms with E-state index in [9.17, 15) is 24.8 Å². The van der Waals surface area contributed by atoms with Crippen LogP contribution in [0.1, 0.15) is 30.8 Å². The Kier molecular flexibility index (Phi) is 6.63. The van der Waals surface area contributed by atoms with Crippen molar-refractivity contribution in [1.29, 1.82) is 0 Å². The Hall–Kier alpha value is -2.34. The number of amides is 2. The Morgan fingerprint density at radius 3 is 2.79 bits per heavy atom. The number of likely N-dealkylation sites (tertiary alicyclic amines) is 1. The van der Waals surface area contributed by atoms with Crippen LogP contribution in [0.25, 0.3) is 0 Å². The molecule has 29 heavy (non-hydrogen) atoms. The van der Waals surface area contributed by atoms with Gasteiger partial charge in [-0.15, -0.1) is 0 Å². The van der Waals surface area contributed by atoms with Gasteiger partial charge < -0.3 is 40.6 Å². The van der Waals surface area contributed by atoms with E-state index in [-0.39, 0.29) is 35.0 Å². The van der Waals surface area contributed by atoms with Gasteiger partial charge in [-0.3, -0.25) is 9.59 Å². The zero-order chi connectivity index (χ0) is 21.1. The molecule has 0 spiro atoms. The minimum atomic E-state index is -1.83. The van der Waals surface area contributed by atoms with E-state index in [1.54, 1.807) is 17.0 Å². The molecule has 0 radical (unpaired) electrons. The van der Waals surface area contributed by atoms with Crippen molar-refractivity contribution in [2.45, 2.75) is 44.5 Å². The Morgan fingerprint density at radius 1 is 1.41 bits per heavy atom. The average molecular weight is 407 g/mol. The minimum Gasteiger partial charge on any atom is -0.535 e. The van der Waals surface area contributed by atoms with E-state index in [1.165, 1.54) is 6.92 Å². The van der Waals surface area contributed by atoms with Gasteiger partial charge in [-0.25, -0.2) is 0 Å². The summed E-state index contributed by atoms with van der Waals surface area (Å²) in [5.74, 6) is 0.0587. The highest BCUT2D eigenvalue weighted by atomic mass is 16.5. The molecular weight excluding hydrogens is 381 g/mol. The van der Waals surface area contributed by atoms with Gasteiger partial charge in [0.05, 0.1) is 24.7 Å². The van der Waals surface area contributed by atoms with Crippen LogP contribution in [0.3, 0.4) is 0 Å². The quantitative estimate of drug-likeness (QED) is 0.271. The Morgan fingerprint density at radius 2 is 2.14 bits per heavy atom. The molecule has 0 unspecified atom stereocenters. The molecule has 1 saturated heterocycles. The van der Waals surface area contributed by atoms with Crippen molar-refractivity contribution in [3.05, 3.63) is 23.3 Å². The lowest BCUT2D eigenvalue weighted by atomic mass is 9.78. The molecule has 0 aromatic heterocycles. The lowest BCUT2D eigenvalue weighted by molar-refractivity contribution is -0.141. The summed E-state index contributed by atoms with van der Waals surface area (Å²) in [6.07, 6.45) is -0.837. The summed E-state index contributed by atoms with van der Waals surface area (Å²) in [6, 6.07) is 2.69. The molecule has 1 aromatic carbocycles. The number of hydrogen-bond donors (Lipinski definition) is 5. The monoisotopic (exact) mass is 407 g/mol. The van der Waals surface area contributed by atoms with E-state index in [4.69, 9.17) is 15.1 Å². The molecular formula is C18H26BN3O7. The van der Waals surface area contributed by atoms with Gasteiger partial charge >= 0.3 is 7.12 Å². The first-order chi connectivity index (χ1) is 13.8. The molecule has 6 N–H and O–H groups in total. The molecule has 158 valence electrons. The lowest BCUT2D eigenvalue weighted by Gasteiger charge is -2.40.